The summed E-state index contributed by atoms with van der Waals surface area (Å²) < 4.78 is 6.69. The van der Waals surface area contributed by atoms with Gasteiger partial charge in [-0.3, -0.25) is 4.79 Å². The number of hydrogen-bond acceptors (Lipinski definition) is 3. The number of unbranched alkanes of at least 4 members (excludes halogenated alkanes) is 1. The molecular formula is C20H37ClO3Si. The topological polar surface area (TPSA) is 46.5 Å². The first-order valence-corrected chi connectivity index (χ1v) is 13.7. The Kier molecular flexibility index (Phi) is 5.92. The van der Waals surface area contributed by atoms with Crippen LogP contribution < -0.4 is 0 Å². The minimum Gasteiger partial charge on any atom is -0.404 e. The lowest BCUT2D eigenvalue weighted by Crippen LogP contribution is -2.61. The molecule has 0 aromatic heterocycles. The molecule has 2 saturated carbocycles. The van der Waals surface area contributed by atoms with E-state index >= 15 is 0 Å². The van der Waals surface area contributed by atoms with Crippen LogP contribution in [0.4, 0.5) is 0 Å². The van der Waals surface area contributed by atoms with Gasteiger partial charge in [0.15, 0.2) is 14.1 Å². The fourth-order valence-corrected chi connectivity index (χ4v) is 7.06. The summed E-state index contributed by atoms with van der Waals surface area (Å²) in [6, 6.07) is 0. The van der Waals surface area contributed by atoms with E-state index in [1.165, 1.54) is 0 Å². The Balaban J connectivity index is 2.40. The van der Waals surface area contributed by atoms with Crippen molar-refractivity contribution in [3.8, 4) is 0 Å². The van der Waals surface area contributed by atoms with Gasteiger partial charge in [-0.2, -0.15) is 0 Å². The van der Waals surface area contributed by atoms with Crippen LogP contribution in [0, 0.1) is 16.7 Å². The zero-order valence-electron chi connectivity index (χ0n) is 17.1. The fourth-order valence-electron chi connectivity index (χ4n) is 5.31. The fraction of sp³-hybridized carbons (Fsp3) is 0.950. The highest BCUT2D eigenvalue weighted by Gasteiger charge is 2.73. The van der Waals surface area contributed by atoms with Crippen LogP contribution in [-0.4, -0.2) is 36.3 Å². The van der Waals surface area contributed by atoms with Gasteiger partial charge < -0.3 is 9.53 Å². The molecule has 2 fully saturated rings. The monoisotopic (exact) mass is 388 g/mol. The molecule has 2 bridgehead atoms. The largest absolute Gasteiger partial charge is 0.404 e. The molecule has 0 aliphatic heterocycles. The summed E-state index contributed by atoms with van der Waals surface area (Å²) in [7, 11) is -1.97. The van der Waals surface area contributed by atoms with Crippen molar-refractivity contribution in [2.75, 3.05) is 0 Å². The van der Waals surface area contributed by atoms with Crippen LogP contribution in [-0.2, 0) is 9.22 Å². The van der Waals surface area contributed by atoms with Crippen LogP contribution in [0.25, 0.3) is 0 Å². The van der Waals surface area contributed by atoms with Crippen molar-refractivity contribution in [2.45, 2.75) is 103 Å². The number of Topliss-reactive ketones (excluding diaryl/α,β-unsaturated/α-hetero) is 1. The Labute approximate surface area is 160 Å². The molecule has 2 rings (SSSR count). The zero-order valence-corrected chi connectivity index (χ0v) is 18.9. The van der Waals surface area contributed by atoms with E-state index in [1.807, 2.05) is 0 Å². The van der Waals surface area contributed by atoms with Gasteiger partial charge in [-0.1, -0.05) is 40.5 Å². The summed E-state index contributed by atoms with van der Waals surface area (Å²) in [5.74, 6) is 0.410. The quantitative estimate of drug-likeness (QED) is 0.462. The number of rotatable bonds is 8. The van der Waals surface area contributed by atoms with E-state index < -0.39 is 25.4 Å². The maximum Gasteiger partial charge on any atom is 0.185 e. The molecule has 0 amide bonds. The molecule has 2 aliphatic carbocycles. The lowest BCUT2D eigenvalue weighted by atomic mass is 9.62. The molecule has 2 aliphatic rings. The highest BCUT2D eigenvalue weighted by Crippen LogP contribution is 2.71. The number of hydrogen-bond donors (Lipinski definition) is 1. The van der Waals surface area contributed by atoms with Gasteiger partial charge in [0.25, 0.3) is 0 Å². The number of halogens is 1. The van der Waals surface area contributed by atoms with Crippen LogP contribution in [0.15, 0.2) is 0 Å². The van der Waals surface area contributed by atoms with Crippen LogP contribution in [0.1, 0.15) is 66.2 Å². The number of carbonyl (C=O) groups is 1. The second-order valence-electron chi connectivity index (χ2n) is 10.0. The van der Waals surface area contributed by atoms with Gasteiger partial charge in [0.1, 0.15) is 11.0 Å². The number of ketones is 1. The second-order valence-corrected chi connectivity index (χ2v) is 14.9. The third-order valence-electron chi connectivity index (χ3n) is 7.18. The maximum atomic E-state index is 13.6. The molecule has 0 saturated heterocycles. The predicted molar refractivity (Wildman–Crippen MR) is 107 cm³/mol. The molecule has 1 unspecified atom stereocenters. The first-order chi connectivity index (χ1) is 11.3. The van der Waals surface area contributed by atoms with Crippen molar-refractivity contribution in [1.82, 2.24) is 0 Å². The summed E-state index contributed by atoms with van der Waals surface area (Å²) in [6.45, 7) is 15.3. The number of aliphatic hydroxyl groups is 1. The number of alkyl halides is 1. The van der Waals surface area contributed by atoms with E-state index in [-0.39, 0.29) is 16.6 Å². The lowest BCUT2D eigenvalue weighted by Gasteiger charge is -2.51. The molecule has 5 atom stereocenters. The minimum atomic E-state index is -1.97. The van der Waals surface area contributed by atoms with E-state index in [2.05, 4.69) is 47.3 Å². The lowest BCUT2D eigenvalue weighted by molar-refractivity contribution is -0.153. The Morgan fingerprint density at radius 1 is 1.32 bits per heavy atom. The average Bonchev–Trinajstić information content (AvgIpc) is 2.81. The number of aliphatic hydroxyl groups excluding tert-OH is 1. The van der Waals surface area contributed by atoms with Crippen LogP contribution >= 0.6 is 11.6 Å². The van der Waals surface area contributed by atoms with Gasteiger partial charge in [0, 0.05) is 5.41 Å². The first kappa shape index (κ1) is 21.4. The summed E-state index contributed by atoms with van der Waals surface area (Å²) in [5, 5.41) is 9.60. The highest BCUT2D eigenvalue weighted by molar-refractivity contribution is 6.70. The molecule has 0 spiro atoms. The van der Waals surface area contributed by atoms with Crippen molar-refractivity contribution < 1.29 is 14.3 Å². The Morgan fingerprint density at radius 3 is 2.32 bits per heavy atom. The summed E-state index contributed by atoms with van der Waals surface area (Å²) in [5.41, 5.74) is -1.02. The SMILES string of the molecule is CCCC[C@@H](O)C(Cl)C(=O)[C@@]1(O[Si](C)(C)C)C[C@H]2CC[C@]1(C)C2(C)C. The molecule has 0 heterocycles. The van der Waals surface area contributed by atoms with E-state index in [4.69, 9.17) is 16.0 Å². The van der Waals surface area contributed by atoms with Gasteiger partial charge in [-0.25, -0.2) is 0 Å². The Morgan fingerprint density at radius 2 is 1.92 bits per heavy atom. The highest BCUT2D eigenvalue weighted by atomic mass is 35.5. The summed E-state index contributed by atoms with van der Waals surface area (Å²) >= 11 is 6.54. The van der Waals surface area contributed by atoms with Crippen molar-refractivity contribution in [3.05, 3.63) is 0 Å². The number of carbonyl (C=O) groups excluding carboxylic acids is 1. The average molecular weight is 389 g/mol. The number of fused-ring (bicyclic) bond motifs is 2. The van der Waals surface area contributed by atoms with E-state index in [0.717, 1.165) is 32.1 Å². The molecule has 0 radical (unpaired) electrons. The van der Waals surface area contributed by atoms with Gasteiger partial charge in [0.05, 0.1) is 6.10 Å². The van der Waals surface area contributed by atoms with Crippen molar-refractivity contribution in [3.63, 3.8) is 0 Å². The van der Waals surface area contributed by atoms with Gasteiger partial charge >= 0.3 is 0 Å². The summed E-state index contributed by atoms with van der Waals surface area (Å²) in [6.07, 6.45) is 4.55. The van der Waals surface area contributed by atoms with Crippen molar-refractivity contribution >= 4 is 25.7 Å². The predicted octanol–water partition coefficient (Wildman–Crippen LogP) is 5.15. The third-order valence-corrected chi connectivity index (χ3v) is 8.63. The van der Waals surface area contributed by atoms with Gasteiger partial charge in [0.2, 0.25) is 0 Å². The minimum absolute atomic E-state index is 0.0489. The standard InChI is InChI=1S/C20H37ClO3Si/c1-8-9-10-15(22)16(21)17(23)20(24-25(5,6)7)13-14-11-12-19(20,4)18(14,2)3/h14-16,22H,8-13H2,1-7H3/t14-,15-,16?,19-,20+/m1/s1. The molecule has 1 N–H and O–H groups in total. The maximum absolute atomic E-state index is 13.6. The molecule has 0 aromatic carbocycles. The van der Waals surface area contributed by atoms with Gasteiger partial charge in [-0.05, 0) is 56.7 Å². The first-order valence-electron chi connectivity index (χ1n) is 9.89. The zero-order chi connectivity index (χ0) is 19.3. The molecule has 25 heavy (non-hydrogen) atoms. The van der Waals surface area contributed by atoms with Crippen molar-refractivity contribution in [2.24, 2.45) is 16.7 Å². The summed E-state index contributed by atoms with van der Waals surface area (Å²) in [4.78, 5) is 13.6. The van der Waals surface area contributed by atoms with Crippen LogP contribution in [0.3, 0.4) is 0 Å². The van der Waals surface area contributed by atoms with Crippen molar-refractivity contribution in [1.29, 1.82) is 0 Å². The molecular weight excluding hydrogens is 352 g/mol. The van der Waals surface area contributed by atoms with E-state index in [9.17, 15) is 9.90 Å². The van der Waals surface area contributed by atoms with Crippen LogP contribution in [0.2, 0.25) is 19.6 Å². The van der Waals surface area contributed by atoms with E-state index in [1.54, 1.807) is 0 Å². The Bertz CT molecular complexity index is 516. The Hall–Kier alpha value is 0.0969. The van der Waals surface area contributed by atoms with Crippen LogP contribution in [0.5, 0.6) is 0 Å². The third kappa shape index (κ3) is 3.37. The normalized spacial score (nSPS) is 36.4. The molecule has 0 aromatic rings. The van der Waals surface area contributed by atoms with Gasteiger partial charge in [-0.15, -0.1) is 11.6 Å². The molecule has 5 heteroatoms. The second kappa shape index (κ2) is 6.92. The van der Waals surface area contributed by atoms with E-state index in [0.29, 0.717) is 12.3 Å². The molecule has 3 nitrogen and oxygen atoms in total. The smallest absolute Gasteiger partial charge is 0.185 e. The molecule has 146 valence electrons.